The molecule has 3 heterocycles. The number of nitrogens with zero attached hydrogens (tertiary/aromatic N) is 3. The third kappa shape index (κ3) is 3.86. The van der Waals surface area contributed by atoms with Crippen LogP contribution in [0.5, 0.6) is 17.4 Å². The molecule has 0 saturated heterocycles. The minimum atomic E-state index is 0. The molecule has 3 aromatic carbocycles. The number of fused-ring (bicyclic) bond motifs is 4. The van der Waals surface area contributed by atoms with Crippen molar-refractivity contribution >= 4 is 32.7 Å². The minimum absolute atomic E-state index is 0. The average molecular weight is 640 g/mol. The minimum Gasteiger partial charge on any atom is -0.506 e. The number of pyridine rings is 2. The second-order valence-corrected chi connectivity index (χ2v) is 8.64. The zero-order valence-corrected chi connectivity index (χ0v) is 21.7. The van der Waals surface area contributed by atoms with Gasteiger partial charge in [0.25, 0.3) is 0 Å². The number of ether oxygens (including phenoxy) is 1. The molecule has 6 aromatic rings. The number of benzene rings is 3. The van der Waals surface area contributed by atoms with E-state index in [1.165, 1.54) is 0 Å². The molecular formula is C29H22N3O2Pt-. The first-order valence-corrected chi connectivity index (χ1v) is 11.2. The Bertz CT molecular complexity index is 1720. The molecule has 0 radical (unpaired) electrons. The molecule has 0 fully saturated rings. The van der Waals surface area contributed by atoms with E-state index in [1.807, 2.05) is 62.5 Å². The maximum atomic E-state index is 10.3. The summed E-state index contributed by atoms with van der Waals surface area (Å²) in [5.74, 6) is 1.92. The zero-order valence-electron chi connectivity index (χ0n) is 19.4. The van der Waals surface area contributed by atoms with Crippen molar-refractivity contribution in [3.63, 3.8) is 0 Å². The third-order valence-electron chi connectivity index (χ3n) is 6.23. The van der Waals surface area contributed by atoms with E-state index < -0.39 is 0 Å². The molecule has 6 heteroatoms. The van der Waals surface area contributed by atoms with Gasteiger partial charge in [-0.15, -0.1) is 17.7 Å². The Labute approximate surface area is 217 Å². The molecule has 0 aliphatic carbocycles. The van der Waals surface area contributed by atoms with Gasteiger partial charge < -0.3 is 14.4 Å². The molecule has 5 nitrogen and oxygen atoms in total. The Balaban J connectivity index is 0.00000253. The summed E-state index contributed by atoms with van der Waals surface area (Å²) in [6.07, 6.45) is 1.87. The third-order valence-corrected chi connectivity index (χ3v) is 6.23. The van der Waals surface area contributed by atoms with Crippen molar-refractivity contribution in [1.82, 2.24) is 14.5 Å². The van der Waals surface area contributed by atoms with Gasteiger partial charge in [0, 0.05) is 50.0 Å². The number of hydrogen-bond donors (Lipinski definition) is 1. The number of phenols is 1. The van der Waals surface area contributed by atoms with Crippen molar-refractivity contribution in [3.8, 4) is 23.2 Å². The Kier molecular flexibility index (Phi) is 5.82. The quantitative estimate of drug-likeness (QED) is 0.213. The van der Waals surface area contributed by atoms with Crippen LogP contribution in [0.1, 0.15) is 16.7 Å². The summed E-state index contributed by atoms with van der Waals surface area (Å²) in [4.78, 5) is 9.24. The molecule has 0 aliphatic heterocycles. The summed E-state index contributed by atoms with van der Waals surface area (Å²) < 4.78 is 8.28. The summed E-state index contributed by atoms with van der Waals surface area (Å²) in [7, 11) is 0. The summed E-state index contributed by atoms with van der Waals surface area (Å²) in [6, 6.07) is 25.1. The Morgan fingerprint density at radius 1 is 0.886 bits per heavy atom. The molecule has 0 spiro atoms. The Morgan fingerprint density at radius 2 is 1.71 bits per heavy atom. The van der Waals surface area contributed by atoms with E-state index in [0.29, 0.717) is 17.1 Å². The number of rotatable bonds is 3. The van der Waals surface area contributed by atoms with Gasteiger partial charge in [0.2, 0.25) is 5.88 Å². The average Bonchev–Trinajstić information content (AvgIpc) is 3.17. The van der Waals surface area contributed by atoms with E-state index in [0.717, 1.165) is 49.7 Å². The summed E-state index contributed by atoms with van der Waals surface area (Å²) >= 11 is 0. The van der Waals surface area contributed by atoms with Gasteiger partial charge in [-0.1, -0.05) is 48.2 Å². The van der Waals surface area contributed by atoms with E-state index >= 15 is 0 Å². The van der Waals surface area contributed by atoms with Crippen molar-refractivity contribution in [2.75, 3.05) is 0 Å². The van der Waals surface area contributed by atoms with Gasteiger partial charge >= 0.3 is 0 Å². The molecule has 0 atom stereocenters. The predicted molar refractivity (Wildman–Crippen MR) is 135 cm³/mol. The van der Waals surface area contributed by atoms with Crippen molar-refractivity contribution in [3.05, 3.63) is 95.7 Å². The van der Waals surface area contributed by atoms with Crippen molar-refractivity contribution in [2.24, 2.45) is 0 Å². The topological polar surface area (TPSA) is 60.2 Å². The standard InChI is InChI=1S/C29H22N3O2.Pt/c1-17-8-12-26(30-16-17)32-23-7-5-4-6-22(23)28-19(3)14-20(15-24(28)32)34-27-13-10-21-18(2)9-11-25(33)29(21)31-27;/h4-14,16,33H,1-3H3;/q-1;. The second-order valence-electron chi connectivity index (χ2n) is 8.64. The van der Waals surface area contributed by atoms with Gasteiger partial charge in [0.15, 0.2) is 0 Å². The number of para-hydroxylation sites is 1. The van der Waals surface area contributed by atoms with Crippen LogP contribution >= 0.6 is 0 Å². The van der Waals surface area contributed by atoms with Crippen LogP contribution in [0, 0.1) is 26.8 Å². The fourth-order valence-corrected chi connectivity index (χ4v) is 4.56. The van der Waals surface area contributed by atoms with Crippen molar-refractivity contribution < 1.29 is 30.9 Å². The number of aromatic hydroxyl groups is 1. The first-order valence-electron chi connectivity index (χ1n) is 11.2. The predicted octanol–water partition coefficient (Wildman–Crippen LogP) is 6.95. The number of hydrogen-bond acceptors (Lipinski definition) is 4. The van der Waals surface area contributed by atoms with Crippen LogP contribution in [0.4, 0.5) is 0 Å². The molecule has 0 bridgehead atoms. The van der Waals surface area contributed by atoms with E-state index in [-0.39, 0.29) is 26.8 Å². The maximum Gasteiger partial charge on any atom is 0.217 e. The molecule has 0 aliphatic rings. The van der Waals surface area contributed by atoms with Gasteiger partial charge in [-0.25, -0.2) is 9.97 Å². The van der Waals surface area contributed by atoms with Crippen LogP contribution < -0.4 is 4.74 Å². The van der Waals surface area contributed by atoms with Crippen LogP contribution in [-0.2, 0) is 21.1 Å². The smallest absolute Gasteiger partial charge is 0.217 e. The maximum absolute atomic E-state index is 10.3. The van der Waals surface area contributed by atoms with E-state index in [4.69, 9.17) is 4.74 Å². The molecule has 6 rings (SSSR count). The zero-order chi connectivity index (χ0) is 23.4. The molecule has 35 heavy (non-hydrogen) atoms. The molecule has 3 aromatic heterocycles. The Hall–Kier alpha value is -3.69. The monoisotopic (exact) mass is 639 g/mol. The summed E-state index contributed by atoms with van der Waals surface area (Å²) in [6.45, 7) is 6.10. The molecule has 176 valence electrons. The largest absolute Gasteiger partial charge is 0.506 e. The molecule has 0 saturated carbocycles. The van der Waals surface area contributed by atoms with Crippen LogP contribution in [-0.4, -0.2) is 19.6 Å². The first kappa shape index (κ1) is 23.1. The van der Waals surface area contributed by atoms with E-state index in [2.05, 4.69) is 45.7 Å². The van der Waals surface area contributed by atoms with Gasteiger partial charge in [-0.3, -0.25) is 0 Å². The number of phenolic OH excluding ortho intramolecular Hbond substituents is 1. The van der Waals surface area contributed by atoms with Gasteiger partial charge in [-0.05, 0) is 54.6 Å². The molecule has 0 unspecified atom stereocenters. The molecule has 0 amide bonds. The van der Waals surface area contributed by atoms with Gasteiger partial charge in [0.1, 0.15) is 17.1 Å². The van der Waals surface area contributed by atoms with Crippen molar-refractivity contribution in [1.29, 1.82) is 0 Å². The van der Waals surface area contributed by atoms with Crippen LogP contribution in [0.3, 0.4) is 0 Å². The molecular weight excluding hydrogens is 617 g/mol. The van der Waals surface area contributed by atoms with Gasteiger partial charge in [0.05, 0.1) is 0 Å². The Morgan fingerprint density at radius 3 is 2.51 bits per heavy atom. The summed E-state index contributed by atoms with van der Waals surface area (Å²) in [5.41, 5.74) is 5.71. The fourth-order valence-electron chi connectivity index (χ4n) is 4.56. The van der Waals surface area contributed by atoms with Crippen LogP contribution in [0.15, 0.2) is 72.9 Å². The molecule has 1 N–H and O–H groups in total. The fraction of sp³-hybridized carbons (Fsp3) is 0.103. The number of aromatic nitrogens is 3. The normalized spacial score (nSPS) is 11.2. The second kappa shape index (κ2) is 8.83. The first-order chi connectivity index (χ1) is 16.5. The van der Waals surface area contributed by atoms with E-state index in [9.17, 15) is 5.11 Å². The van der Waals surface area contributed by atoms with Crippen LogP contribution in [0.2, 0.25) is 0 Å². The van der Waals surface area contributed by atoms with Crippen LogP contribution in [0.25, 0.3) is 38.5 Å². The SMILES string of the molecule is Cc1ccc(-n2c3[c-]c(Oc4ccc5c(C)ccc(O)c5n4)cc(C)c3c3ccccc32)nc1.[Pt]. The number of aryl methyl sites for hydroxylation is 3. The van der Waals surface area contributed by atoms with Crippen molar-refractivity contribution in [2.45, 2.75) is 20.8 Å². The van der Waals surface area contributed by atoms with Gasteiger partial charge in [-0.2, -0.15) is 0 Å². The summed E-state index contributed by atoms with van der Waals surface area (Å²) in [5, 5.41) is 13.5. The van der Waals surface area contributed by atoms with E-state index in [1.54, 1.807) is 6.07 Å².